The average molecular weight is 347 g/mol. The van der Waals surface area contributed by atoms with Crippen LogP contribution in [0.1, 0.15) is 31.5 Å². The lowest BCUT2D eigenvalue weighted by molar-refractivity contribution is 0.115. The highest BCUT2D eigenvalue weighted by Crippen LogP contribution is 2.29. The van der Waals surface area contributed by atoms with E-state index in [1.807, 2.05) is 69.4 Å². The number of pyridine rings is 1. The molecule has 2 N–H and O–H groups in total. The molecule has 0 fully saturated rings. The highest BCUT2D eigenvalue weighted by molar-refractivity contribution is 5.93. The van der Waals surface area contributed by atoms with E-state index in [1.54, 1.807) is 4.68 Å². The fraction of sp³-hybridized carbons (Fsp3) is 0.250. The van der Waals surface area contributed by atoms with Gasteiger partial charge in [-0.15, -0.1) is 5.10 Å². The summed E-state index contributed by atoms with van der Waals surface area (Å²) in [5.74, 6) is 1.73. The van der Waals surface area contributed by atoms with Gasteiger partial charge in [0.2, 0.25) is 0 Å². The minimum Gasteiger partial charge on any atom is -0.385 e. The molecule has 0 aliphatic carbocycles. The van der Waals surface area contributed by atoms with E-state index >= 15 is 0 Å². The van der Waals surface area contributed by atoms with E-state index in [9.17, 15) is 5.11 Å². The topological polar surface area (TPSA) is 79.6 Å². The van der Waals surface area contributed by atoms with Crippen LogP contribution in [0.5, 0.6) is 0 Å². The van der Waals surface area contributed by atoms with Gasteiger partial charge in [0, 0.05) is 28.4 Å². The number of para-hydroxylation sites is 1. The van der Waals surface area contributed by atoms with E-state index in [-0.39, 0.29) is 5.92 Å². The second-order valence-corrected chi connectivity index (χ2v) is 6.78. The van der Waals surface area contributed by atoms with Gasteiger partial charge in [-0.05, 0) is 31.0 Å². The minimum atomic E-state index is -0.733. The van der Waals surface area contributed by atoms with E-state index in [4.69, 9.17) is 0 Å². The predicted molar refractivity (Wildman–Crippen MR) is 101 cm³/mol. The molecule has 6 heteroatoms. The van der Waals surface area contributed by atoms with Crippen LogP contribution >= 0.6 is 0 Å². The zero-order chi connectivity index (χ0) is 18.3. The third kappa shape index (κ3) is 2.78. The zero-order valence-corrected chi connectivity index (χ0v) is 15.0. The lowest BCUT2D eigenvalue weighted by Gasteiger charge is -2.14. The number of hydrogen-bond donors (Lipinski definition) is 2. The van der Waals surface area contributed by atoms with Crippen LogP contribution in [0.3, 0.4) is 0 Å². The summed E-state index contributed by atoms with van der Waals surface area (Å²) in [6.07, 6.45) is 1.17. The molecule has 0 aliphatic rings. The zero-order valence-electron chi connectivity index (χ0n) is 15.0. The summed E-state index contributed by atoms with van der Waals surface area (Å²) in [6, 6.07) is 13.8. The summed E-state index contributed by atoms with van der Waals surface area (Å²) in [5, 5.41) is 16.4. The number of fused-ring (bicyclic) bond motifs is 1. The molecule has 0 saturated carbocycles. The van der Waals surface area contributed by atoms with Crippen LogP contribution in [0.2, 0.25) is 0 Å². The lowest BCUT2D eigenvalue weighted by Crippen LogP contribution is -2.14. The van der Waals surface area contributed by atoms with Crippen molar-refractivity contribution in [2.45, 2.75) is 26.9 Å². The molecule has 1 aromatic carbocycles. The first-order chi connectivity index (χ1) is 12.5. The standard InChI is InChI=1S/C20H21N5O/c1-12(2)18(26)20-23-19(15-11-21-16-9-5-4-8-14(15)16)24-25(20)17-10-6-7-13(3)22-17/h4-12,18,21,26H,1-3H3. The van der Waals surface area contributed by atoms with Gasteiger partial charge in [0.1, 0.15) is 6.10 Å². The first-order valence-electron chi connectivity index (χ1n) is 8.70. The van der Waals surface area contributed by atoms with Crippen molar-refractivity contribution < 1.29 is 5.11 Å². The maximum atomic E-state index is 10.7. The molecular formula is C20H21N5O. The highest BCUT2D eigenvalue weighted by atomic mass is 16.3. The molecule has 3 aromatic heterocycles. The number of benzene rings is 1. The Morgan fingerprint density at radius 3 is 2.62 bits per heavy atom. The number of aliphatic hydroxyl groups excluding tert-OH is 1. The van der Waals surface area contributed by atoms with E-state index in [2.05, 4.69) is 20.1 Å². The van der Waals surface area contributed by atoms with Crippen molar-refractivity contribution in [3.63, 3.8) is 0 Å². The van der Waals surface area contributed by atoms with Crippen molar-refractivity contribution in [3.8, 4) is 17.2 Å². The molecule has 0 spiro atoms. The molecule has 0 saturated heterocycles. The van der Waals surface area contributed by atoms with E-state index in [1.165, 1.54) is 0 Å². The number of aromatic nitrogens is 5. The molecule has 1 atom stereocenters. The van der Waals surface area contributed by atoms with E-state index < -0.39 is 6.10 Å². The summed E-state index contributed by atoms with van der Waals surface area (Å²) >= 11 is 0. The summed E-state index contributed by atoms with van der Waals surface area (Å²) < 4.78 is 1.65. The van der Waals surface area contributed by atoms with Gasteiger partial charge in [0.15, 0.2) is 17.5 Å². The van der Waals surface area contributed by atoms with Gasteiger partial charge in [-0.2, -0.15) is 4.68 Å². The molecular weight excluding hydrogens is 326 g/mol. The molecule has 4 rings (SSSR count). The van der Waals surface area contributed by atoms with Gasteiger partial charge < -0.3 is 10.1 Å². The molecule has 132 valence electrons. The summed E-state index contributed by atoms with van der Waals surface area (Å²) in [4.78, 5) is 12.5. The van der Waals surface area contributed by atoms with Crippen LogP contribution in [0.15, 0.2) is 48.7 Å². The molecule has 3 heterocycles. The quantitative estimate of drug-likeness (QED) is 0.588. The fourth-order valence-corrected chi connectivity index (χ4v) is 3.00. The Morgan fingerprint density at radius 2 is 1.85 bits per heavy atom. The number of hydrogen-bond acceptors (Lipinski definition) is 4. The van der Waals surface area contributed by atoms with Gasteiger partial charge in [-0.1, -0.05) is 38.1 Å². The molecule has 6 nitrogen and oxygen atoms in total. The van der Waals surface area contributed by atoms with Gasteiger partial charge >= 0.3 is 0 Å². The van der Waals surface area contributed by atoms with Crippen LogP contribution in [0.25, 0.3) is 28.1 Å². The van der Waals surface area contributed by atoms with Crippen LogP contribution in [-0.2, 0) is 0 Å². The van der Waals surface area contributed by atoms with Crippen LogP contribution in [-0.4, -0.2) is 29.8 Å². The third-order valence-corrected chi connectivity index (χ3v) is 4.45. The minimum absolute atomic E-state index is 0.0126. The Bertz CT molecular complexity index is 1060. The van der Waals surface area contributed by atoms with Crippen LogP contribution in [0.4, 0.5) is 0 Å². The second kappa shape index (κ2) is 6.38. The first-order valence-corrected chi connectivity index (χ1v) is 8.70. The Hall–Kier alpha value is -2.99. The number of nitrogens with one attached hydrogen (secondary N) is 1. The lowest BCUT2D eigenvalue weighted by atomic mass is 10.1. The van der Waals surface area contributed by atoms with Crippen LogP contribution < -0.4 is 0 Å². The van der Waals surface area contributed by atoms with Gasteiger partial charge in [-0.25, -0.2) is 9.97 Å². The molecule has 4 aromatic rings. The van der Waals surface area contributed by atoms with Crippen molar-refractivity contribution in [1.29, 1.82) is 0 Å². The number of aryl methyl sites for hydroxylation is 1. The van der Waals surface area contributed by atoms with E-state index in [0.717, 1.165) is 22.2 Å². The Morgan fingerprint density at radius 1 is 1.04 bits per heavy atom. The predicted octanol–water partition coefficient (Wildman–Crippen LogP) is 3.81. The number of nitrogens with zero attached hydrogens (tertiary/aromatic N) is 4. The normalized spacial score (nSPS) is 12.8. The Kier molecular flexibility index (Phi) is 4.05. The van der Waals surface area contributed by atoms with Gasteiger partial charge in [-0.3, -0.25) is 0 Å². The summed E-state index contributed by atoms with van der Waals surface area (Å²) in [7, 11) is 0. The molecule has 0 aliphatic heterocycles. The van der Waals surface area contributed by atoms with Crippen molar-refractivity contribution in [1.82, 2.24) is 24.7 Å². The highest BCUT2D eigenvalue weighted by Gasteiger charge is 2.24. The molecule has 0 amide bonds. The first kappa shape index (κ1) is 16.5. The van der Waals surface area contributed by atoms with Crippen LogP contribution in [0, 0.1) is 12.8 Å². The van der Waals surface area contributed by atoms with Crippen molar-refractivity contribution in [3.05, 3.63) is 60.2 Å². The maximum Gasteiger partial charge on any atom is 0.184 e. The van der Waals surface area contributed by atoms with Crippen molar-refractivity contribution in [2.75, 3.05) is 0 Å². The molecule has 0 bridgehead atoms. The van der Waals surface area contributed by atoms with Gasteiger partial charge in [0.25, 0.3) is 0 Å². The SMILES string of the molecule is Cc1cccc(-n2nc(-c3c[nH]c4ccccc34)nc2C(O)C(C)C)n1. The monoisotopic (exact) mass is 347 g/mol. The second-order valence-electron chi connectivity index (χ2n) is 6.78. The molecule has 26 heavy (non-hydrogen) atoms. The van der Waals surface area contributed by atoms with Crippen molar-refractivity contribution in [2.24, 2.45) is 5.92 Å². The number of aromatic amines is 1. The Balaban J connectivity index is 1.91. The smallest absolute Gasteiger partial charge is 0.184 e. The maximum absolute atomic E-state index is 10.7. The number of H-pyrrole nitrogens is 1. The summed E-state index contributed by atoms with van der Waals surface area (Å²) in [5.41, 5.74) is 2.82. The molecule has 0 radical (unpaired) electrons. The van der Waals surface area contributed by atoms with Gasteiger partial charge in [0.05, 0.1) is 0 Å². The van der Waals surface area contributed by atoms with Crippen molar-refractivity contribution >= 4 is 10.9 Å². The Labute approximate surface area is 151 Å². The fourth-order valence-electron chi connectivity index (χ4n) is 3.00. The number of aliphatic hydroxyl groups is 1. The largest absolute Gasteiger partial charge is 0.385 e. The summed E-state index contributed by atoms with van der Waals surface area (Å²) in [6.45, 7) is 5.84. The third-order valence-electron chi connectivity index (χ3n) is 4.45. The molecule has 1 unspecified atom stereocenters. The number of rotatable bonds is 4. The van der Waals surface area contributed by atoms with E-state index in [0.29, 0.717) is 17.5 Å². The average Bonchev–Trinajstić information content (AvgIpc) is 3.25.